The third-order valence-corrected chi connectivity index (χ3v) is 5.61. The van der Waals surface area contributed by atoms with Gasteiger partial charge in [-0.1, -0.05) is 35.5 Å². The summed E-state index contributed by atoms with van der Waals surface area (Å²) in [5, 5.41) is 34.9. The molecule has 1 fully saturated rings. The third-order valence-electron chi connectivity index (χ3n) is 5.61. The maximum Gasteiger partial charge on any atom is 0.292 e. The molecule has 33 heavy (non-hydrogen) atoms. The fraction of sp³-hybridized carbons (Fsp3) is 0.286. The van der Waals surface area contributed by atoms with E-state index in [2.05, 4.69) is 30.3 Å². The normalized spacial score (nSPS) is 15.4. The van der Waals surface area contributed by atoms with Crippen molar-refractivity contribution < 1.29 is 14.8 Å². The van der Waals surface area contributed by atoms with Crippen LogP contribution in [-0.2, 0) is 0 Å². The van der Waals surface area contributed by atoms with Crippen molar-refractivity contribution in [1.29, 1.82) is 0 Å². The maximum absolute atomic E-state index is 11.6. The molecule has 1 unspecified atom stereocenters. The minimum Gasteiger partial charge on any atom is -0.409 e. The summed E-state index contributed by atoms with van der Waals surface area (Å²) < 4.78 is 4.60. The minimum atomic E-state index is -0.387. The van der Waals surface area contributed by atoms with Crippen molar-refractivity contribution >= 4 is 28.7 Å². The number of nitro benzene ring substituents is 1. The number of hydrogen-bond donors (Lipinski definition) is 3. The summed E-state index contributed by atoms with van der Waals surface area (Å²) in [6, 6.07) is 14.7. The predicted octanol–water partition coefficient (Wildman–Crippen LogP) is 2.69. The molecule has 1 aliphatic heterocycles. The van der Waals surface area contributed by atoms with Gasteiger partial charge in [-0.15, -0.1) is 0 Å². The second kappa shape index (κ2) is 9.42. The number of oxime groups is 1. The average Bonchev–Trinajstić information content (AvgIpc) is 3.26. The maximum atomic E-state index is 11.6. The van der Waals surface area contributed by atoms with Gasteiger partial charge in [0.1, 0.15) is 5.69 Å². The van der Waals surface area contributed by atoms with E-state index in [0.717, 1.165) is 11.3 Å². The zero-order valence-corrected chi connectivity index (χ0v) is 18.0. The summed E-state index contributed by atoms with van der Waals surface area (Å²) in [6.07, 6.45) is 0. The Morgan fingerprint density at radius 2 is 1.94 bits per heavy atom. The lowest BCUT2D eigenvalue weighted by atomic mass is 10.1. The summed E-state index contributed by atoms with van der Waals surface area (Å²) in [5.41, 5.74) is 8.26. The molecule has 172 valence electrons. The number of nitrogens with zero attached hydrogens (tertiary/aromatic N) is 6. The van der Waals surface area contributed by atoms with Crippen molar-refractivity contribution in [2.75, 3.05) is 42.1 Å². The van der Waals surface area contributed by atoms with Gasteiger partial charge in [0.2, 0.25) is 5.84 Å². The number of nitrogens with two attached hydrogens (primary N) is 1. The lowest BCUT2D eigenvalue weighted by Crippen LogP contribution is -2.49. The summed E-state index contributed by atoms with van der Waals surface area (Å²) in [6.45, 7) is 4.19. The van der Waals surface area contributed by atoms with Crippen LogP contribution in [0.3, 0.4) is 0 Å². The topological polar surface area (TPSA) is 159 Å². The third kappa shape index (κ3) is 4.63. The second-order valence-corrected chi connectivity index (χ2v) is 7.63. The molecule has 0 aliphatic carbocycles. The van der Waals surface area contributed by atoms with Crippen LogP contribution in [0.1, 0.15) is 24.2 Å². The van der Waals surface area contributed by atoms with Gasteiger partial charge in [-0.2, -0.15) is 0 Å². The van der Waals surface area contributed by atoms with Gasteiger partial charge in [-0.25, -0.2) is 4.63 Å². The Hall–Kier alpha value is -4.35. The highest BCUT2D eigenvalue weighted by molar-refractivity contribution is 6.00. The molecule has 1 atom stereocenters. The van der Waals surface area contributed by atoms with E-state index in [1.165, 1.54) is 6.07 Å². The van der Waals surface area contributed by atoms with Gasteiger partial charge in [0, 0.05) is 44.0 Å². The zero-order valence-electron chi connectivity index (χ0n) is 18.0. The molecule has 4 rings (SSSR count). The van der Waals surface area contributed by atoms with Crippen LogP contribution >= 0.6 is 0 Å². The van der Waals surface area contributed by atoms with Crippen molar-refractivity contribution in [3.8, 4) is 0 Å². The summed E-state index contributed by atoms with van der Waals surface area (Å²) in [5.74, 6) is 0.236. The molecule has 0 radical (unpaired) electrons. The molecular weight excluding hydrogens is 428 g/mol. The standard InChI is InChI=1S/C21H24N8O4/c1-14(15-5-3-2-4-6-15)23-17-13-16(7-8-18(17)29(31)32)27-9-11-28(12-10-27)21(24-30)19-20(22)26-33-25-19/h2-8,13-14,23,30H,9-12H2,1H3,(H2,22,26). The van der Waals surface area contributed by atoms with Gasteiger partial charge in [-0.3, -0.25) is 10.1 Å². The van der Waals surface area contributed by atoms with Crippen molar-refractivity contribution in [3.63, 3.8) is 0 Å². The molecule has 12 nitrogen and oxygen atoms in total. The van der Waals surface area contributed by atoms with Gasteiger partial charge in [0.25, 0.3) is 5.69 Å². The van der Waals surface area contributed by atoms with Crippen LogP contribution in [0.25, 0.3) is 0 Å². The molecule has 1 aromatic heterocycles. The van der Waals surface area contributed by atoms with E-state index in [0.29, 0.717) is 31.9 Å². The Labute approximate surface area is 189 Å². The number of hydrogen-bond acceptors (Lipinski definition) is 10. The summed E-state index contributed by atoms with van der Waals surface area (Å²) in [7, 11) is 0. The van der Waals surface area contributed by atoms with Crippen LogP contribution < -0.4 is 16.0 Å². The van der Waals surface area contributed by atoms with Crippen LogP contribution in [0.5, 0.6) is 0 Å². The quantitative estimate of drug-likeness (QED) is 0.167. The number of nitro groups is 1. The minimum absolute atomic E-state index is 0.0175. The fourth-order valence-electron chi connectivity index (χ4n) is 3.84. The van der Waals surface area contributed by atoms with Crippen molar-refractivity contribution in [2.45, 2.75) is 13.0 Å². The SMILES string of the molecule is CC(Nc1cc(N2CCN(C(=NO)c3nonc3N)CC2)ccc1[N+](=O)[O-])c1ccccc1. The number of anilines is 3. The van der Waals surface area contributed by atoms with E-state index in [4.69, 9.17) is 5.73 Å². The van der Waals surface area contributed by atoms with Gasteiger partial charge in [0.15, 0.2) is 11.5 Å². The molecule has 2 aromatic carbocycles. The van der Waals surface area contributed by atoms with Crippen molar-refractivity contribution in [1.82, 2.24) is 15.2 Å². The van der Waals surface area contributed by atoms with E-state index in [9.17, 15) is 15.3 Å². The number of amidine groups is 1. The first-order valence-corrected chi connectivity index (χ1v) is 10.4. The van der Waals surface area contributed by atoms with E-state index >= 15 is 0 Å². The predicted molar refractivity (Wildman–Crippen MR) is 122 cm³/mol. The van der Waals surface area contributed by atoms with E-state index in [1.54, 1.807) is 12.1 Å². The van der Waals surface area contributed by atoms with E-state index < -0.39 is 0 Å². The number of nitrogen functional groups attached to an aromatic ring is 1. The molecule has 12 heteroatoms. The summed E-state index contributed by atoms with van der Waals surface area (Å²) >= 11 is 0. The summed E-state index contributed by atoms with van der Waals surface area (Å²) in [4.78, 5) is 15.1. The average molecular weight is 452 g/mol. The monoisotopic (exact) mass is 452 g/mol. The molecule has 0 spiro atoms. The molecule has 1 saturated heterocycles. The first kappa shape index (κ1) is 21.9. The lowest BCUT2D eigenvalue weighted by molar-refractivity contribution is -0.384. The number of nitrogens with one attached hydrogen (secondary N) is 1. The highest BCUT2D eigenvalue weighted by Crippen LogP contribution is 2.33. The zero-order chi connectivity index (χ0) is 23.4. The Balaban J connectivity index is 1.50. The Morgan fingerprint density at radius 1 is 1.21 bits per heavy atom. The largest absolute Gasteiger partial charge is 0.409 e. The fourth-order valence-corrected chi connectivity index (χ4v) is 3.84. The molecular formula is C21H24N8O4. The van der Waals surface area contributed by atoms with Gasteiger partial charge >= 0.3 is 0 Å². The molecule has 1 aliphatic rings. The second-order valence-electron chi connectivity index (χ2n) is 7.63. The number of piperazine rings is 1. The molecule has 3 aromatic rings. The Bertz CT molecular complexity index is 1140. The van der Waals surface area contributed by atoms with Crippen LogP contribution in [0.15, 0.2) is 58.3 Å². The first-order chi connectivity index (χ1) is 16.0. The Morgan fingerprint density at radius 3 is 2.55 bits per heavy atom. The molecule has 0 amide bonds. The first-order valence-electron chi connectivity index (χ1n) is 10.4. The highest BCUT2D eigenvalue weighted by atomic mass is 16.6. The van der Waals surface area contributed by atoms with E-state index in [-0.39, 0.29) is 34.0 Å². The highest BCUT2D eigenvalue weighted by Gasteiger charge is 2.27. The van der Waals surface area contributed by atoms with Crippen LogP contribution in [0, 0.1) is 10.1 Å². The number of benzene rings is 2. The van der Waals surface area contributed by atoms with Crippen LogP contribution in [-0.4, -0.2) is 57.4 Å². The number of aromatic nitrogens is 2. The molecule has 0 saturated carbocycles. The smallest absolute Gasteiger partial charge is 0.292 e. The van der Waals surface area contributed by atoms with Gasteiger partial charge < -0.3 is 26.1 Å². The van der Waals surface area contributed by atoms with Crippen LogP contribution in [0.4, 0.5) is 22.9 Å². The van der Waals surface area contributed by atoms with Gasteiger partial charge in [0.05, 0.1) is 4.92 Å². The van der Waals surface area contributed by atoms with Crippen LogP contribution in [0.2, 0.25) is 0 Å². The molecule has 4 N–H and O–H groups in total. The van der Waals surface area contributed by atoms with Crippen molar-refractivity contribution in [2.24, 2.45) is 5.16 Å². The lowest BCUT2D eigenvalue weighted by Gasteiger charge is -2.36. The Kier molecular flexibility index (Phi) is 6.24. The number of rotatable bonds is 6. The molecule has 2 heterocycles. The molecule has 0 bridgehead atoms. The van der Waals surface area contributed by atoms with E-state index in [1.807, 2.05) is 42.2 Å². The van der Waals surface area contributed by atoms with Gasteiger partial charge in [-0.05, 0) is 34.9 Å². The van der Waals surface area contributed by atoms with Crippen molar-refractivity contribution in [3.05, 3.63) is 69.9 Å².